The minimum absolute atomic E-state index is 0.139. The van der Waals surface area contributed by atoms with E-state index in [0.717, 1.165) is 31.4 Å². The van der Waals surface area contributed by atoms with E-state index >= 15 is 0 Å². The summed E-state index contributed by atoms with van der Waals surface area (Å²) < 4.78 is 1.88. The molecule has 2 rings (SSSR count). The van der Waals surface area contributed by atoms with Crippen LogP contribution in [-0.2, 0) is 11.3 Å². The van der Waals surface area contributed by atoms with Crippen molar-refractivity contribution in [3.63, 3.8) is 0 Å². The molecule has 70 valence electrons. The lowest BCUT2D eigenvalue weighted by Crippen LogP contribution is -2.02. The van der Waals surface area contributed by atoms with Gasteiger partial charge in [-0.15, -0.1) is 0 Å². The number of carbonyl (C=O) groups is 1. The Balaban J connectivity index is 2.19. The molecular weight excluding hydrogens is 164 g/mol. The molecule has 0 aromatic carbocycles. The number of hydrogen-bond acceptors (Lipinski definition) is 2. The first-order valence-corrected chi connectivity index (χ1v) is 4.86. The van der Waals surface area contributed by atoms with Crippen LogP contribution in [0.25, 0.3) is 0 Å². The smallest absolute Gasteiger partial charge is 0.140 e. The van der Waals surface area contributed by atoms with Crippen LogP contribution >= 0.6 is 0 Å². The molecule has 1 aromatic rings. The van der Waals surface area contributed by atoms with Crippen LogP contribution in [0.2, 0.25) is 0 Å². The zero-order chi connectivity index (χ0) is 9.26. The molecule has 0 spiro atoms. The van der Waals surface area contributed by atoms with Crippen molar-refractivity contribution >= 4 is 5.78 Å². The van der Waals surface area contributed by atoms with Gasteiger partial charge in [0.25, 0.3) is 0 Å². The Hall–Kier alpha value is -1.12. The number of ketones is 1. The molecule has 1 aliphatic carbocycles. The van der Waals surface area contributed by atoms with Crippen molar-refractivity contribution in [3.05, 3.63) is 18.0 Å². The van der Waals surface area contributed by atoms with E-state index in [-0.39, 0.29) is 5.92 Å². The molecule has 3 nitrogen and oxygen atoms in total. The van der Waals surface area contributed by atoms with Crippen molar-refractivity contribution in [2.75, 3.05) is 0 Å². The van der Waals surface area contributed by atoms with Crippen molar-refractivity contribution < 1.29 is 4.79 Å². The van der Waals surface area contributed by atoms with Gasteiger partial charge in [0.05, 0.1) is 6.20 Å². The Morgan fingerprint density at radius 3 is 3.08 bits per heavy atom. The van der Waals surface area contributed by atoms with Crippen molar-refractivity contribution in [1.82, 2.24) is 9.78 Å². The SMILES string of the molecule is CCn1cc(C2CCCC2=O)cn1. The fraction of sp³-hybridized carbons (Fsp3) is 0.600. The Bertz CT molecular complexity index is 316. The Morgan fingerprint density at radius 2 is 2.54 bits per heavy atom. The summed E-state index contributed by atoms with van der Waals surface area (Å²) in [6.07, 6.45) is 6.63. The van der Waals surface area contributed by atoms with E-state index in [9.17, 15) is 4.79 Å². The molecule has 1 saturated carbocycles. The van der Waals surface area contributed by atoms with Crippen LogP contribution in [0, 0.1) is 0 Å². The van der Waals surface area contributed by atoms with Crippen LogP contribution in [0.15, 0.2) is 12.4 Å². The minimum Gasteiger partial charge on any atom is -0.299 e. The summed E-state index contributed by atoms with van der Waals surface area (Å²) >= 11 is 0. The Labute approximate surface area is 77.7 Å². The number of hydrogen-bond donors (Lipinski definition) is 0. The van der Waals surface area contributed by atoms with Gasteiger partial charge in [0, 0.05) is 30.6 Å². The highest BCUT2D eigenvalue weighted by Crippen LogP contribution is 2.30. The third-order valence-electron chi connectivity index (χ3n) is 2.68. The molecule has 0 saturated heterocycles. The van der Waals surface area contributed by atoms with Gasteiger partial charge in [0.1, 0.15) is 5.78 Å². The van der Waals surface area contributed by atoms with Gasteiger partial charge < -0.3 is 0 Å². The van der Waals surface area contributed by atoms with Crippen molar-refractivity contribution in [1.29, 1.82) is 0 Å². The second-order valence-electron chi connectivity index (χ2n) is 3.54. The van der Waals surface area contributed by atoms with Crippen LogP contribution in [0.1, 0.15) is 37.7 Å². The molecule has 0 amide bonds. The zero-order valence-electron chi connectivity index (χ0n) is 7.86. The maximum Gasteiger partial charge on any atom is 0.140 e. The number of nitrogens with zero attached hydrogens (tertiary/aromatic N) is 2. The number of Topliss-reactive ketones (excluding diaryl/α,β-unsaturated/α-hetero) is 1. The molecule has 1 unspecified atom stereocenters. The van der Waals surface area contributed by atoms with Gasteiger partial charge in [0.15, 0.2) is 0 Å². The number of carbonyl (C=O) groups excluding carboxylic acids is 1. The summed E-state index contributed by atoms with van der Waals surface area (Å²) in [7, 11) is 0. The van der Waals surface area contributed by atoms with Gasteiger partial charge in [-0.3, -0.25) is 9.48 Å². The molecule has 1 heterocycles. The predicted molar refractivity (Wildman–Crippen MR) is 49.5 cm³/mol. The highest BCUT2D eigenvalue weighted by atomic mass is 16.1. The van der Waals surface area contributed by atoms with E-state index in [1.54, 1.807) is 0 Å². The third kappa shape index (κ3) is 1.50. The standard InChI is InChI=1S/C10H14N2O/c1-2-12-7-8(6-11-12)9-4-3-5-10(9)13/h6-7,9H,2-5H2,1H3. The summed E-state index contributed by atoms with van der Waals surface area (Å²) in [5, 5.41) is 4.18. The molecule has 1 atom stereocenters. The highest BCUT2D eigenvalue weighted by molar-refractivity contribution is 5.87. The lowest BCUT2D eigenvalue weighted by molar-refractivity contribution is -0.118. The van der Waals surface area contributed by atoms with Gasteiger partial charge >= 0.3 is 0 Å². The quantitative estimate of drug-likeness (QED) is 0.691. The van der Waals surface area contributed by atoms with Crippen molar-refractivity contribution in [2.45, 2.75) is 38.6 Å². The molecule has 0 N–H and O–H groups in total. The van der Waals surface area contributed by atoms with Crippen LogP contribution in [-0.4, -0.2) is 15.6 Å². The zero-order valence-corrected chi connectivity index (χ0v) is 7.86. The molecular formula is C10H14N2O. The average Bonchev–Trinajstić information content (AvgIpc) is 2.71. The minimum atomic E-state index is 0.139. The number of rotatable bonds is 2. The van der Waals surface area contributed by atoms with Crippen molar-refractivity contribution in [3.8, 4) is 0 Å². The summed E-state index contributed by atoms with van der Waals surface area (Å²) in [5.41, 5.74) is 1.10. The largest absolute Gasteiger partial charge is 0.299 e. The first-order valence-electron chi connectivity index (χ1n) is 4.86. The first kappa shape index (κ1) is 8.48. The van der Waals surface area contributed by atoms with E-state index in [1.807, 2.05) is 24.0 Å². The fourth-order valence-corrected chi connectivity index (χ4v) is 1.90. The van der Waals surface area contributed by atoms with Crippen LogP contribution in [0.4, 0.5) is 0 Å². The second-order valence-corrected chi connectivity index (χ2v) is 3.54. The molecule has 1 aromatic heterocycles. The summed E-state index contributed by atoms with van der Waals surface area (Å²) in [5.74, 6) is 0.524. The lowest BCUT2D eigenvalue weighted by Gasteiger charge is -2.02. The maximum atomic E-state index is 11.4. The van der Waals surface area contributed by atoms with Gasteiger partial charge in [-0.05, 0) is 19.8 Å². The predicted octanol–water partition coefficient (Wildman–Crippen LogP) is 1.74. The van der Waals surface area contributed by atoms with E-state index in [4.69, 9.17) is 0 Å². The van der Waals surface area contributed by atoms with Gasteiger partial charge in [-0.2, -0.15) is 5.10 Å². The lowest BCUT2D eigenvalue weighted by atomic mass is 10.0. The fourth-order valence-electron chi connectivity index (χ4n) is 1.90. The van der Waals surface area contributed by atoms with Crippen LogP contribution in [0.5, 0.6) is 0 Å². The van der Waals surface area contributed by atoms with E-state index < -0.39 is 0 Å². The van der Waals surface area contributed by atoms with Gasteiger partial charge in [0.2, 0.25) is 0 Å². The first-order chi connectivity index (χ1) is 6.31. The Morgan fingerprint density at radius 1 is 1.69 bits per heavy atom. The normalized spacial score (nSPS) is 22.5. The summed E-state index contributed by atoms with van der Waals surface area (Å²) in [4.78, 5) is 11.4. The molecule has 3 heteroatoms. The Kier molecular flexibility index (Phi) is 2.17. The summed E-state index contributed by atoms with van der Waals surface area (Å²) in [6, 6.07) is 0. The molecule has 0 aliphatic heterocycles. The van der Waals surface area contributed by atoms with E-state index in [2.05, 4.69) is 5.10 Å². The van der Waals surface area contributed by atoms with Crippen molar-refractivity contribution in [2.24, 2.45) is 0 Å². The molecule has 0 bridgehead atoms. The van der Waals surface area contributed by atoms with Crippen LogP contribution in [0.3, 0.4) is 0 Å². The topological polar surface area (TPSA) is 34.9 Å². The van der Waals surface area contributed by atoms with E-state index in [1.165, 1.54) is 0 Å². The molecule has 1 aliphatic rings. The number of aryl methyl sites for hydroxylation is 1. The molecule has 13 heavy (non-hydrogen) atoms. The van der Waals surface area contributed by atoms with Crippen LogP contribution < -0.4 is 0 Å². The monoisotopic (exact) mass is 178 g/mol. The number of aromatic nitrogens is 2. The van der Waals surface area contributed by atoms with Gasteiger partial charge in [-0.1, -0.05) is 0 Å². The van der Waals surface area contributed by atoms with Gasteiger partial charge in [-0.25, -0.2) is 0 Å². The molecule has 0 radical (unpaired) electrons. The average molecular weight is 178 g/mol. The second kappa shape index (κ2) is 3.32. The highest BCUT2D eigenvalue weighted by Gasteiger charge is 2.26. The summed E-state index contributed by atoms with van der Waals surface area (Å²) in [6.45, 7) is 2.92. The van der Waals surface area contributed by atoms with E-state index in [0.29, 0.717) is 5.78 Å². The molecule has 1 fully saturated rings. The third-order valence-corrected chi connectivity index (χ3v) is 2.68. The maximum absolute atomic E-state index is 11.4.